The van der Waals surface area contributed by atoms with Crippen molar-refractivity contribution in [3.8, 4) is 0 Å². The van der Waals surface area contributed by atoms with E-state index in [-0.39, 0.29) is 0 Å². The zero-order valence-electron chi connectivity index (χ0n) is 14.9. The van der Waals surface area contributed by atoms with Gasteiger partial charge in [0.05, 0.1) is 12.2 Å². The number of guanidine groups is 1. The van der Waals surface area contributed by atoms with E-state index in [4.69, 9.17) is 0 Å². The Bertz CT molecular complexity index is 489. The van der Waals surface area contributed by atoms with Crippen LogP contribution in [0.25, 0.3) is 0 Å². The van der Waals surface area contributed by atoms with Crippen molar-refractivity contribution in [1.82, 2.24) is 20.5 Å². The first-order chi connectivity index (χ1) is 11.1. The lowest BCUT2D eigenvalue weighted by atomic mass is 9.94. The first-order valence-corrected chi connectivity index (χ1v) is 9.53. The van der Waals surface area contributed by atoms with Crippen molar-refractivity contribution in [2.75, 3.05) is 33.7 Å². The third kappa shape index (κ3) is 6.11. The summed E-state index contributed by atoms with van der Waals surface area (Å²) in [7, 11) is 4.04. The number of nitrogens with one attached hydrogen (secondary N) is 2. The molecule has 130 valence electrons. The highest BCUT2D eigenvalue weighted by Crippen LogP contribution is 2.19. The van der Waals surface area contributed by atoms with Crippen molar-refractivity contribution in [1.29, 1.82) is 0 Å². The summed E-state index contributed by atoms with van der Waals surface area (Å²) in [4.78, 5) is 11.4. The van der Waals surface area contributed by atoms with E-state index in [9.17, 15) is 0 Å². The lowest BCUT2D eigenvalue weighted by Crippen LogP contribution is -2.38. The number of thiazole rings is 1. The summed E-state index contributed by atoms with van der Waals surface area (Å²) in [6.07, 6.45) is 3.87. The molecule has 0 aromatic carbocycles. The number of aromatic nitrogens is 1. The van der Waals surface area contributed by atoms with Crippen LogP contribution in [0.5, 0.6) is 0 Å². The molecule has 0 spiro atoms. The van der Waals surface area contributed by atoms with Gasteiger partial charge in [0, 0.05) is 19.0 Å². The number of aliphatic imine (C=N–C) groups is 1. The summed E-state index contributed by atoms with van der Waals surface area (Å²) < 4.78 is 0. The van der Waals surface area contributed by atoms with Gasteiger partial charge in [0.15, 0.2) is 5.96 Å². The summed E-state index contributed by atoms with van der Waals surface area (Å²) in [6, 6.07) is 0. The number of rotatable bonds is 6. The Kier molecular flexibility index (Phi) is 7.30. The van der Waals surface area contributed by atoms with Crippen LogP contribution in [0.2, 0.25) is 0 Å². The van der Waals surface area contributed by atoms with E-state index in [1.54, 1.807) is 11.3 Å². The molecule has 2 N–H and O–H groups in total. The van der Waals surface area contributed by atoms with Gasteiger partial charge in [-0.05, 0) is 51.2 Å². The SMILES string of the molecule is CN=C(NCCC1CCN(C)CC1)NCc1nc(C(C)C)cs1. The molecule has 0 saturated carbocycles. The van der Waals surface area contributed by atoms with Gasteiger partial charge in [-0.15, -0.1) is 11.3 Å². The van der Waals surface area contributed by atoms with Crippen molar-refractivity contribution in [3.05, 3.63) is 16.1 Å². The van der Waals surface area contributed by atoms with E-state index in [0.29, 0.717) is 5.92 Å². The van der Waals surface area contributed by atoms with Gasteiger partial charge in [-0.25, -0.2) is 4.98 Å². The van der Waals surface area contributed by atoms with Gasteiger partial charge in [-0.2, -0.15) is 0 Å². The summed E-state index contributed by atoms with van der Waals surface area (Å²) in [6.45, 7) is 8.56. The highest BCUT2D eigenvalue weighted by molar-refractivity contribution is 7.09. The van der Waals surface area contributed by atoms with Gasteiger partial charge in [0.2, 0.25) is 0 Å². The molecular formula is C17H31N5S. The molecule has 0 bridgehead atoms. The topological polar surface area (TPSA) is 52.6 Å². The number of hydrogen-bond acceptors (Lipinski definition) is 4. The fourth-order valence-corrected chi connectivity index (χ4v) is 3.69. The molecule has 1 aromatic rings. The molecule has 1 saturated heterocycles. The van der Waals surface area contributed by atoms with Gasteiger partial charge in [-0.1, -0.05) is 13.8 Å². The number of nitrogens with zero attached hydrogens (tertiary/aromatic N) is 3. The predicted molar refractivity (Wildman–Crippen MR) is 99.2 cm³/mol. The molecule has 0 unspecified atom stereocenters. The molecular weight excluding hydrogens is 306 g/mol. The highest BCUT2D eigenvalue weighted by atomic mass is 32.1. The molecule has 2 heterocycles. The van der Waals surface area contributed by atoms with E-state index in [1.165, 1.54) is 38.0 Å². The van der Waals surface area contributed by atoms with Crippen LogP contribution in [0.15, 0.2) is 10.4 Å². The number of piperidine rings is 1. The van der Waals surface area contributed by atoms with Crippen molar-refractivity contribution in [3.63, 3.8) is 0 Å². The van der Waals surface area contributed by atoms with Gasteiger partial charge in [-0.3, -0.25) is 4.99 Å². The Balaban J connectivity index is 1.67. The van der Waals surface area contributed by atoms with Crippen molar-refractivity contribution in [2.45, 2.75) is 45.6 Å². The molecule has 0 aliphatic carbocycles. The molecule has 0 atom stereocenters. The van der Waals surface area contributed by atoms with Crippen LogP contribution in [0.4, 0.5) is 0 Å². The predicted octanol–water partition coefficient (Wildman–Crippen LogP) is 2.66. The summed E-state index contributed by atoms with van der Waals surface area (Å²) >= 11 is 1.72. The lowest BCUT2D eigenvalue weighted by molar-refractivity contribution is 0.213. The zero-order valence-corrected chi connectivity index (χ0v) is 15.7. The Labute approximate surface area is 144 Å². The maximum absolute atomic E-state index is 4.65. The Morgan fingerprint density at radius 2 is 2.13 bits per heavy atom. The van der Waals surface area contributed by atoms with Crippen molar-refractivity contribution in [2.24, 2.45) is 10.9 Å². The standard InChI is InChI=1S/C17H31N5S/c1-13(2)15-12-23-16(21-15)11-20-17(18-3)19-8-5-14-6-9-22(4)10-7-14/h12-14H,5-11H2,1-4H3,(H2,18,19,20). The molecule has 1 aliphatic heterocycles. The minimum Gasteiger partial charge on any atom is -0.356 e. The first-order valence-electron chi connectivity index (χ1n) is 8.65. The van der Waals surface area contributed by atoms with Crippen LogP contribution >= 0.6 is 11.3 Å². The third-order valence-corrected chi connectivity index (χ3v) is 5.34. The average Bonchev–Trinajstić information content (AvgIpc) is 3.01. The summed E-state index contributed by atoms with van der Waals surface area (Å²) in [5.41, 5.74) is 1.18. The minimum absolute atomic E-state index is 0.493. The Morgan fingerprint density at radius 3 is 2.74 bits per heavy atom. The van der Waals surface area contributed by atoms with Crippen LogP contribution in [-0.4, -0.2) is 49.6 Å². The molecule has 0 radical (unpaired) electrons. The maximum Gasteiger partial charge on any atom is 0.191 e. The molecule has 6 heteroatoms. The molecule has 2 rings (SSSR count). The first kappa shape index (κ1) is 18.2. The zero-order chi connectivity index (χ0) is 16.7. The number of hydrogen-bond donors (Lipinski definition) is 2. The van der Waals surface area contributed by atoms with Crippen LogP contribution in [-0.2, 0) is 6.54 Å². The van der Waals surface area contributed by atoms with E-state index in [2.05, 4.69) is 51.8 Å². The molecule has 1 aliphatic rings. The van der Waals surface area contributed by atoms with E-state index < -0.39 is 0 Å². The minimum atomic E-state index is 0.493. The number of likely N-dealkylation sites (tertiary alicyclic amines) is 1. The van der Waals surface area contributed by atoms with E-state index >= 15 is 0 Å². The van der Waals surface area contributed by atoms with Gasteiger partial charge in [0.1, 0.15) is 5.01 Å². The lowest BCUT2D eigenvalue weighted by Gasteiger charge is -2.29. The Hall–Kier alpha value is -1.14. The van der Waals surface area contributed by atoms with Gasteiger partial charge >= 0.3 is 0 Å². The second-order valence-electron chi connectivity index (χ2n) is 6.71. The quantitative estimate of drug-likeness (QED) is 0.619. The smallest absolute Gasteiger partial charge is 0.191 e. The summed E-state index contributed by atoms with van der Waals surface area (Å²) in [5.74, 6) is 2.22. The molecule has 23 heavy (non-hydrogen) atoms. The maximum atomic E-state index is 4.65. The van der Waals surface area contributed by atoms with E-state index in [1.807, 2.05) is 7.05 Å². The van der Waals surface area contributed by atoms with Gasteiger partial charge < -0.3 is 15.5 Å². The Morgan fingerprint density at radius 1 is 1.39 bits per heavy atom. The van der Waals surface area contributed by atoms with Crippen LogP contribution in [0.3, 0.4) is 0 Å². The average molecular weight is 338 g/mol. The second-order valence-corrected chi connectivity index (χ2v) is 7.65. The monoisotopic (exact) mass is 337 g/mol. The molecule has 0 amide bonds. The largest absolute Gasteiger partial charge is 0.356 e. The van der Waals surface area contributed by atoms with Crippen molar-refractivity contribution >= 4 is 17.3 Å². The van der Waals surface area contributed by atoms with Crippen molar-refractivity contribution < 1.29 is 0 Å². The normalized spacial score (nSPS) is 17.7. The van der Waals surface area contributed by atoms with Crippen LogP contribution in [0.1, 0.15) is 49.7 Å². The third-order valence-electron chi connectivity index (χ3n) is 4.47. The van der Waals surface area contributed by atoms with Crippen LogP contribution in [0, 0.1) is 5.92 Å². The van der Waals surface area contributed by atoms with E-state index in [0.717, 1.165) is 30.0 Å². The highest BCUT2D eigenvalue weighted by Gasteiger charge is 2.16. The fourth-order valence-electron chi connectivity index (χ4n) is 2.80. The molecule has 1 aromatic heterocycles. The van der Waals surface area contributed by atoms with Gasteiger partial charge in [0.25, 0.3) is 0 Å². The molecule has 5 nitrogen and oxygen atoms in total. The second kappa shape index (κ2) is 9.23. The fraction of sp³-hybridized carbons (Fsp3) is 0.765. The molecule has 1 fully saturated rings. The van der Waals surface area contributed by atoms with Crippen LogP contribution < -0.4 is 10.6 Å². The summed E-state index contributed by atoms with van der Waals surface area (Å²) in [5, 5.41) is 10.1.